The van der Waals surface area contributed by atoms with E-state index in [2.05, 4.69) is 0 Å². The normalized spacial score (nSPS) is 10.1. The van der Waals surface area contributed by atoms with Gasteiger partial charge in [0.25, 0.3) is 0 Å². The minimum Gasteiger partial charge on any atom is -0.493 e. The van der Waals surface area contributed by atoms with Gasteiger partial charge in [0, 0.05) is 5.46 Å². The molecule has 0 aliphatic carbocycles. The van der Waals surface area contributed by atoms with Gasteiger partial charge >= 0.3 is 7.12 Å². The molecule has 2 aromatic rings. The lowest BCUT2D eigenvalue weighted by atomic mass is 9.79. The molecule has 0 aliphatic rings. The molecule has 0 heterocycles. The van der Waals surface area contributed by atoms with Gasteiger partial charge in [0.1, 0.15) is 6.61 Å². The van der Waals surface area contributed by atoms with Crippen LogP contribution in [0.15, 0.2) is 48.5 Å². The second-order valence-electron chi connectivity index (χ2n) is 4.03. The van der Waals surface area contributed by atoms with E-state index < -0.39 is 7.12 Å². The number of benzene rings is 2. The number of methoxy groups -OCH3 is 1. The van der Waals surface area contributed by atoms with Crippen molar-refractivity contribution in [1.29, 1.82) is 0 Å². The maximum Gasteiger partial charge on any atom is 0.492 e. The maximum absolute atomic E-state index is 9.27. The molecule has 0 spiro atoms. The van der Waals surface area contributed by atoms with Crippen LogP contribution in [0.5, 0.6) is 11.5 Å². The molecule has 4 nitrogen and oxygen atoms in total. The Hall–Kier alpha value is -1.98. The van der Waals surface area contributed by atoms with Crippen LogP contribution in [0, 0.1) is 0 Å². The lowest BCUT2D eigenvalue weighted by Crippen LogP contribution is -2.31. The summed E-state index contributed by atoms with van der Waals surface area (Å²) in [6.45, 7) is 0.391. The van der Waals surface area contributed by atoms with Crippen molar-refractivity contribution >= 4 is 12.6 Å². The smallest absolute Gasteiger partial charge is 0.492 e. The van der Waals surface area contributed by atoms with Crippen molar-refractivity contribution < 1.29 is 19.5 Å². The molecule has 0 bridgehead atoms. The maximum atomic E-state index is 9.27. The standard InChI is InChI=1S/C14H15BO4/c1-18-14-12(15(16)17)8-5-9-13(14)19-10-11-6-3-2-4-7-11/h2-9,16-17H,10H2,1H3. The molecule has 2 rings (SSSR count). The first-order chi connectivity index (χ1) is 9.22. The Bertz CT molecular complexity index is 528. The van der Waals surface area contributed by atoms with Gasteiger partial charge in [0.15, 0.2) is 11.5 Å². The predicted octanol–water partition coefficient (Wildman–Crippen LogP) is 0.954. The van der Waals surface area contributed by atoms with Gasteiger partial charge < -0.3 is 19.5 Å². The molecule has 0 radical (unpaired) electrons. The number of rotatable bonds is 5. The molecule has 19 heavy (non-hydrogen) atoms. The summed E-state index contributed by atoms with van der Waals surface area (Å²) < 4.78 is 10.8. The SMILES string of the molecule is COc1c(OCc2ccccc2)cccc1B(O)O. The third-order valence-electron chi connectivity index (χ3n) is 2.73. The second kappa shape index (κ2) is 6.27. The fraction of sp³-hybridized carbons (Fsp3) is 0.143. The monoisotopic (exact) mass is 258 g/mol. The van der Waals surface area contributed by atoms with Crippen LogP contribution in [0.1, 0.15) is 5.56 Å². The molecule has 0 fully saturated rings. The topological polar surface area (TPSA) is 58.9 Å². The highest BCUT2D eigenvalue weighted by molar-refractivity contribution is 6.59. The quantitative estimate of drug-likeness (QED) is 0.784. The van der Waals surface area contributed by atoms with E-state index in [1.807, 2.05) is 30.3 Å². The Labute approximate surface area is 112 Å². The zero-order valence-electron chi connectivity index (χ0n) is 10.6. The van der Waals surface area contributed by atoms with E-state index in [4.69, 9.17) is 9.47 Å². The van der Waals surface area contributed by atoms with Crippen LogP contribution in [-0.2, 0) is 6.61 Å². The molecule has 0 amide bonds. The largest absolute Gasteiger partial charge is 0.493 e. The van der Waals surface area contributed by atoms with Crippen LogP contribution >= 0.6 is 0 Å². The molecular formula is C14H15BO4. The average molecular weight is 258 g/mol. The molecule has 0 saturated carbocycles. The fourth-order valence-electron chi connectivity index (χ4n) is 1.80. The molecule has 0 unspecified atom stereocenters. The van der Waals surface area contributed by atoms with Gasteiger partial charge in [0.05, 0.1) is 7.11 Å². The third kappa shape index (κ3) is 3.27. The van der Waals surface area contributed by atoms with E-state index in [1.54, 1.807) is 18.2 Å². The minimum atomic E-state index is -1.59. The Kier molecular flexibility index (Phi) is 4.44. The highest BCUT2D eigenvalue weighted by Crippen LogP contribution is 2.25. The van der Waals surface area contributed by atoms with Crippen LogP contribution in [0.25, 0.3) is 0 Å². The van der Waals surface area contributed by atoms with Gasteiger partial charge in [-0.05, 0) is 11.6 Å². The van der Waals surface area contributed by atoms with Gasteiger partial charge in [-0.15, -0.1) is 0 Å². The van der Waals surface area contributed by atoms with E-state index in [0.717, 1.165) is 5.56 Å². The fourth-order valence-corrected chi connectivity index (χ4v) is 1.80. The minimum absolute atomic E-state index is 0.285. The van der Waals surface area contributed by atoms with E-state index in [9.17, 15) is 10.0 Å². The van der Waals surface area contributed by atoms with Crippen molar-refractivity contribution in [2.24, 2.45) is 0 Å². The lowest BCUT2D eigenvalue weighted by Gasteiger charge is -2.14. The van der Waals surface area contributed by atoms with Crippen molar-refractivity contribution in [2.45, 2.75) is 6.61 Å². The van der Waals surface area contributed by atoms with Crippen LogP contribution in [-0.4, -0.2) is 24.3 Å². The predicted molar refractivity (Wildman–Crippen MR) is 73.6 cm³/mol. The number of para-hydroxylation sites is 1. The van der Waals surface area contributed by atoms with Crippen LogP contribution in [0.3, 0.4) is 0 Å². The number of ether oxygens (including phenoxy) is 2. The van der Waals surface area contributed by atoms with Crippen LogP contribution in [0.2, 0.25) is 0 Å². The molecule has 0 saturated heterocycles. The molecule has 0 aromatic heterocycles. The number of hydrogen-bond acceptors (Lipinski definition) is 4. The van der Waals surface area contributed by atoms with Crippen molar-refractivity contribution in [3.63, 3.8) is 0 Å². The van der Waals surface area contributed by atoms with E-state index in [-0.39, 0.29) is 5.46 Å². The van der Waals surface area contributed by atoms with Crippen molar-refractivity contribution in [3.8, 4) is 11.5 Å². The summed E-state index contributed by atoms with van der Waals surface area (Å²) >= 11 is 0. The van der Waals surface area contributed by atoms with Gasteiger partial charge in [-0.3, -0.25) is 0 Å². The first kappa shape index (κ1) is 13.5. The summed E-state index contributed by atoms with van der Waals surface area (Å²) in [6.07, 6.45) is 0. The molecule has 98 valence electrons. The van der Waals surface area contributed by atoms with Gasteiger partial charge in [0.2, 0.25) is 0 Å². The molecule has 5 heteroatoms. The molecule has 0 atom stereocenters. The van der Waals surface area contributed by atoms with Gasteiger partial charge in [-0.25, -0.2) is 0 Å². The van der Waals surface area contributed by atoms with E-state index in [1.165, 1.54) is 7.11 Å². The zero-order chi connectivity index (χ0) is 13.7. The summed E-state index contributed by atoms with van der Waals surface area (Å²) in [5, 5.41) is 18.5. The van der Waals surface area contributed by atoms with Gasteiger partial charge in [-0.1, -0.05) is 42.5 Å². The van der Waals surface area contributed by atoms with Gasteiger partial charge in [-0.2, -0.15) is 0 Å². The first-order valence-corrected chi connectivity index (χ1v) is 5.92. The molecule has 2 aromatic carbocycles. The third-order valence-corrected chi connectivity index (χ3v) is 2.73. The zero-order valence-corrected chi connectivity index (χ0v) is 10.6. The Morgan fingerprint density at radius 3 is 2.37 bits per heavy atom. The molecular weight excluding hydrogens is 243 g/mol. The summed E-state index contributed by atoms with van der Waals surface area (Å²) in [7, 11) is -0.119. The molecule has 0 aliphatic heterocycles. The average Bonchev–Trinajstić information content (AvgIpc) is 2.45. The molecule has 2 N–H and O–H groups in total. The number of hydrogen-bond donors (Lipinski definition) is 2. The van der Waals surface area contributed by atoms with Crippen molar-refractivity contribution in [1.82, 2.24) is 0 Å². The van der Waals surface area contributed by atoms with E-state index >= 15 is 0 Å². The first-order valence-electron chi connectivity index (χ1n) is 5.92. The summed E-state index contributed by atoms with van der Waals surface area (Å²) in [6, 6.07) is 14.7. The highest BCUT2D eigenvalue weighted by Gasteiger charge is 2.20. The summed E-state index contributed by atoms with van der Waals surface area (Å²) in [5.74, 6) is 0.824. The van der Waals surface area contributed by atoms with Crippen molar-refractivity contribution in [3.05, 3.63) is 54.1 Å². The second-order valence-corrected chi connectivity index (χ2v) is 4.03. The lowest BCUT2D eigenvalue weighted by molar-refractivity contribution is 0.285. The summed E-state index contributed by atoms with van der Waals surface area (Å²) in [4.78, 5) is 0. The van der Waals surface area contributed by atoms with Crippen molar-refractivity contribution in [2.75, 3.05) is 7.11 Å². The summed E-state index contributed by atoms with van der Waals surface area (Å²) in [5.41, 5.74) is 1.31. The Balaban J connectivity index is 2.18. The Morgan fingerprint density at radius 2 is 1.74 bits per heavy atom. The van der Waals surface area contributed by atoms with Crippen LogP contribution in [0.4, 0.5) is 0 Å². The Morgan fingerprint density at radius 1 is 1.00 bits per heavy atom. The highest BCUT2D eigenvalue weighted by atomic mass is 16.5. The van der Waals surface area contributed by atoms with Crippen LogP contribution < -0.4 is 14.9 Å². The van der Waals surface area contributed by atoms with E-state index in [0.29, 0.717) is 18.1 Å².